The Morgan fingerprint density at radius 2 is 1.88 bits per heavy atom. The van der Waals surface area contributed by atoms with Crippen molar-refractivity contribution in [2.24, 2.45) is 5.92 Å². The predicted molar refractivity (Wildman–Crippen MR) is 66.3 cm³/mol. The van der Waals surface area contributed by atoms with E-state index < -0.39 is 0 Å². The monoisotopic (exact) mass is 222 g/mol. The number of hydrogen-bond donors (Lipinski definition) is 1. The highest BCUT2D eigenvalue weighted by Crippen LogP contribution is 2.23. The third-order valence-corrected chi connectivity index (χ3v) is 2.75. The van der Waals surface area contributed by atoms with E-state index in [1.165, 1.54) is 0 Å². The summed E-state index contributed by atoms with van der Waals surface area (Å²) in [5, 5.41) is 10.1. The second-order valence-corrected chi connectivity index (χ2v) is 4.23. The van der Waals surface area contributed by atoms with Gasteiger partial charge in [0, 0.05) is 13.2 Å². The fraction of sp³-hybridized carbons (Fsp3) is 0.571. The first-order chi connectivity index (χ1) is 7.75. The first-order valence-corrected chi connectivity index (χ1v) is 6.06. The molecule has 16 heavy (non-hydrogen) atoms. The summed E-state index contributed by atoms with van der Waals surface area (Å²) in [5.41, 5.74) is 0.991. The number of hydrogen-bond acceptors (Lipinski definition) is 2. The van der Waals surface area contributed by atoms with E-state index in [1.807, 2.05) is 30.3 Å². The van der Waals surface area contributed by atoms with Crippen LogP contribution in [0.15, 0.2) is 30.3 Å². The van der Waals surface area contributed by atoms with Crippen molar-refractivity contribution in [2.75, 3.05) is 13.2 Å². The van der Waals surface area contributed by atoms with Gasteiger partial charge in [0.15, 0.2) is 0 Å². The highest BCUT2D eigenvalue weighted by Gasteiger charge is 2.15. The number of aliphatic hydroxyl groups excluding tert-OH is 1. The van der Waals surface area contributed by atoms with E-state index in [9.17, 15) is 5.11 Å². The number of rotatable bonds is 7. The molecule has 0 aromatic heterocycles. The average molecular weight is 222 g/mol. The molecule has 1 N–H and O–H groups in total. The summed E-state index contributed by atoms with van der Waals surface area (Å²) < 4.78 is 5.43. The lowest BCUT2D eigenvalue weighted by Gasteiger charge is -2.19. The van der Waals surface area contributed by atoms with E-state index in [-0.39, 0.29) is 12.0 Å². The minimum absolute atomic E-state index is 0.235. The first-order valence-electron chi connectivity index (χ1n) is 6.06. The van der Waals surface area contributed by atoms with E-state index in [0.29, 0.717) is 0 Å². The standard InChI is InChI=1S/C14H22O2/c1-3-10-16-11-9-12(2)14(15)13-7-5-4-6-8-13/h4-8,12,14-15H,3,9-11H2,1-2H3. The van der Waals surface area contributed by atoms with Crippen molar-refractivity contribution >= 4 is 0 Å². The van der Waals surface area contributed by atoms with Crippen molar-refractivity contribution in [3.05, 3.63) is 35.9 Å². The maximum Gasteiger partial charge on any atom is 0.0816 e. The van der Waals surface area contributed by atoms with Crippen molar-refractivity contribution in [1.82, 2.24) is 0 Å². The zero-order valence-electron chi connectivity index (χ0n) is 10.2. The maximum absolute atomic E-state index is 10.1. The fourth-order valence-corrected chi connectivity index (χ4v) is 1.65. The summed E-state index contributed by atoms with van der Waals surface area (Å²) in [6.07, 6.45) is 1.57. The number of benzene rings is 1. The minimum atomic E-state index is -0.383. The molecule has 2 nitrogen and oxygen atoms in total. The highest BCUT2D eigenvalue weighted by atomic mass is 16.5. The van der Waals surface area contributed by atoms with Gasteiger partial charge in [0.25, 0.3) is 0 Å². The smallest absolute Gasteiger partial charge is 0.0816 e. The van der Waals surface area contributed by atoms with E-state index >= 15 is 0 Å². The molecule has 0 amide bonds. The summed E-state index contributed by atoms with van der Waals surface area (Å²) in [6.45, 7) is 5.71. The fourth-order valence-electron chi connectivity index (χ4n) is 1.65. The van der Waals surface area contributed by atoms with Gasteiger partial charge in [0.05, 0.1) is 6.10 Å². The van der Waals surface area contributed by atoms with Crippen LogP contribution in [0.5, 0.6) is 0 Å². The molecular formula is C14H22O2. The molecule has 0 saturated carbocycles. The van der Waals surface area contributed by atoms with Gasteiger partial charge in [0.1, 0.15) is 0 Å². The number of aliphatic hydroxyl groups is 1. The zero-order valence-corrected chi connectivity index (χ0v) is 10.2. The van der Waals surface area contributed by atoms with Crippen molar-refractivity contribution in [2.45, 2.75) is 32.8 Å². The first kappa shape index (κ1) is 13.2. The second-order valence-electron chi connectivity index (χ2n) is 4.23. The van der Waals surface area contributed by atoms with Crippen molar-refractivity contribution < 1.29 is 9.84 Å². The molecule has 90 valence electrons. The molecule has 0 heterocycles. The van der Waals surface area contributed by atoms with Crippen LogP contribution < -0.4 is 0 Å². The Morgan fingerprint density at radius 1 is 1.19 bits per heavy atom. The van der Waals surface area contributed by atoms with Crippen LogP contribution in [0, 0.1) is 5.92 Å². The molecule has 0 aliphatic rings. The van der Waals surface area contributed by atoms with Gasteiger partial charge >= 0.3 is 0 Å². The molecule has 0 bridgehead atoms. The van der Waals surface area contributed by atoms with Crippen LogP contribution in [-0.4, -0.2) is 18.3 Å². The van der Waals surface area contributed by atoms with Crippen molar-refractivity contribution in [3.63, 3.8) is 0 Å². The molecule has 2 heteroatoms. The molecule has 0 radical (unpaired) electrons. The summed E-state index contributed by atoms with van der Waals surface area (Å²) >= 11 is 0. The van der Waals surface area contributed by atoms with Gasteiger partial charge in [-0.15, -0.1) is 0 Å². The van der Waals surface area contributed by atoms with Gasteiger partial charge in [-0.25, -0.2) is 0 Å². The Bertz CT molecular complexity index is 271. The van der Waals surface area contributed by atoms with Crippen molar-refractivity contribution in [1.29, 1.82) is 0 Å². The van der Waals surface area contributed by atoms with Gasteiger partial charge in [-0.05, 0) is 24.3 Å². The largest absolute Gasteiger partial charge is 0.388 e. The van der Waals surface area contributed by atoms with E-state index in [1.54, 1.807) is 0 Å². The van der Waals surface area contributed by atoms with Gasteiger partial charge in [0.2, 0.25) is 0 Å². The quantitative estimate of drug-likeness (QED) is 0.718. The van der Waals surface area contributed by atoms with Crippen LogP contribution in [-0.2, 0) is 4.74 Å². The van der Waals surface area contributed by atoms with Gasteiger partial charge in [-0.3, -0.25) is 0 Å². The summed E-state index contributed by atoms with van der Waals surface area (Å²) in [5.74, 6) is 0.235. The third-order valence-electron chi connectivity index (χ3n) is 2.75. The predicted octanol–water partition coefficient (Wildman–Crippen LogP) is 3.17. The lowest BCUT2D eigenvalue weighted by atomic mass is 9.95. The summed E-state index contributed by atoms with van der Waals surface area (Å²) in [6, 6.07) is 9.81. The molecule has 0 saturated heterocycles. The Kier molecular flexibility index (Phi) is 6.12. The minimum Gasteiger partial charge on any atom is -0.388 e. The lowest BCUT2D eigenvalue weighted by Crippen LogP contribution is -2.12. The molecule has 1 rings (SSSR count). The zero-order chi connectivity index (χ0) is 11.8. The normalized spacial score (nSPS) is 14.7. The molecular weight excluding hydrogens is 200 g/mol. The van der Waals surface area contributed by atoms with Crippen LogP contribution in [0.1, 0.15) is 38.4 Å². The maximum atomic E-state index is 10.1. The lowest BCUT2D eigenvalue weighted by molar-refractivity contribution is 0.0723. The number of ether oxygens (including phenoxy) is 1. The van der Waals surface area contributed by atoms with Crippen LogP contribution in [0.4, 0.5) is 0 Å². The summed E-state index contributed by atoms with van der Waals surface area (Å²) in [4.78, 5) is 0. The summed E-state index contributed by atoms with van der Waals surface area (Å²) in [7, 11) is 0. The Morgan fingerprint density at radius 3 is 2.50 bits per heavy atom. The third kappa shape index (κ3) is 4.33. The van der Waals surface area contributed by atoms with Crippen LogP contribution in [0.3, 0.4) is 0 Å². The topological polar surface area (TPSA) is 29.5 Å². The Balaban J connectivity index is 2.33. The Labute approximate surface area is 98.3 Å². The SMILES string of the molecule is CCCOCCC(C)C(O)c1ccccc1. The van der Waals surface area contributed by atoms with Crippen LogP contribution in [0.2, 0.25) is 0 Å². The van der Waals surface area contributed by atoms with Gasteiger partial charge in [-0.2, -0.15) is 0 Å². The van der Waals surface area contributed by atoms with E-state index in [0.717, 1.165) is 31.6 Å². The molecule has 0 fully saturated rings. The van der Waals surface area contributed by atoms with E-state index in [2.05, 4.69) is 13.8 Å². The molecule has 2 unspecified atom stereocenters. The molecule has 0 aliphatic heterocycles. The Hall–Kier alpha value is -0.860. The van der Waals surface area contributed by atoms with Crippen LogP contribution in [0.25, 0.3) is 0 Å². The van der Waals surface area contributed by atoms with Gasteiger partial charge < -0.3 is 9.84 Å². The average Bonchev–Trinajstić information content (AvgIpc) is 2.34. The van der Waals surface area contributed by atoms with Crippen LogP contribution >= 0.6 is 0 Å². The highest BCUT2D eigenvalue weighted by molar-refractivity contribution is 5.17. The molecule has 1 aromatic carbocycles. The molecule has 1 aromatic rings. The van der Waals surface area contributed by atoms with Gasteiger partial charge in [-0.1, -0.05) is 44.2 Å². The molecule has 2 atom stereocenters. The van der Waals surface area contributed by atoms with E-state index in [4.69, 9.17) is 4.74 Å². The molecule has 0 aliphatic carbocycles. The second kappa shape index (κ2) is 7.42. The molecule has 0 spiro atoms. The van der Waals surface area contributed by atoms with Crippen molar-refractivity contribution in [3.8, 4) is 0 Å².